The Hall–Kier alpha value is -1.84. The highest BCUT2D eigenvalue weighted by molar-refractivity contribution is 6.13. The van der Waals surface area contributed by atoms with Crippen molar-refractivity contribution < 1.29 is 9.59 Å². The summed E-state index contributed by atoms with van der Waals surface area (Å²) in [7, 11) is 0. The van der Waals surface area contributed by atoms with E-state index in [4.69, 9.17) is 0 Å². The van der Waals surface area contributed by atoms with Crippen LogP contribution >= 0.6 is 0 Å². The second kappa shape index (κ2) is 6.47. The minimum atomic E-state index is -0.820. The molecule has 2 amide bonds. The number of nitrogens with one attached hydrogen (secondary N) is 1. The Morgan fingerprint density at radius 1 is 1.16 bits per heavy atom. The van der Waals surface area contributed by atoms with Gasteiger partial charge in [-0.1, -0.05) is 39.8 Å². The van der Waals surface area contributed by atoms with Crippen molar-refractivity contribution in [3.63, 3.8) is 0 Å². The summed E-state index contributed by atoms with van der Waals surface area (Å²) in [6.45, 7) is 10.2. The first-order valence-corrected chi connectivity index (χ1v) is 9.44. The van der Waals surface area contributed by atoms with Gasteiger partial charge in [0.25, 0.3) is 0 Å². The van der Waals surface area contributed by atoms with Crippen LogP contribution < -0.4 is 5.32 Å². The molecule has 1 saturated heterocycles. The van der Waals surface area contributed by atoms with Crippen LogP contribution in [-0.2, 0) is 15.0 Å². The van der Waals surface area contributed by atoms with E-state index in [2.05, 4.69) is 33.0 Å². The second-order valence-corrected chi connectivity index (χ2v) is 8.86. The molecule has 4 heteroatoms. The van der Waals surface area contributed by atoms with Crippen LogP contribution in [0.2, 0.25) is 0 Å². The molecule has 1 saturated carbocycles. The lowest BCUT2D eigenvalue weighted by Gasteiger charge is -2.33. The van der Waals surface area contributed by atoms with E-state index >= 15 is 0 Å². The van der Waals surface area contributed by atoms with Gasteiger partial charge in [0.1, 0.15) is 5.41 Å². The van der Waals surface area contributed by atoms with Gasteiger partial charge in [-0.3, -0.25) is 9.59 Å². The van der Waals surface area contributed by atoms with E-state index in [1.807, 2.05) is 29.2 Å². The van der Waals surface area contributed by atoms with Crippen molar-refractivity contribution in [1.82, 2.24) is 4.90 Å². The van der Waals surface area contributed by atoms with Crippen molar-refractivity contribution in [1.29, 1.82) is 0 Å². The van der Waals surface area contributed by atoms with Gasteiger partial charge in [-0.2, -0.15) is 0 Å². The fourth-order valence-electron chi connectivity index (χ4n) is 3.64. The molecule has 3 rings (SSSR count). The number of anilines is 1. The van der Waals surface area contributed by atoms with Crippen LogP contribution in [0.1, 0.15) is 58.9 Å². The van der Waals surface area contributed by atoms with Crippen molar-refractivity contribution in [3.05, 3.63) is 29.8 Å². The summed E-state index contributed by atoms with van der Waals surface area (Å²) in [5.41, 5.74) is 1.26. The molecule has 2 aliphatic rings. The summed E-state index contributed by atoms with van der Waals surface area (Å²) in [4.78, 5) is 27.6. The highest BCUT2D eigenvalue weighted by Gasteiger charge is 2.58. The minimum Gasteiger partial charge on any atom is -0.342 e. The minimum absolute atomic E-state index is 0.0304. The van der Waals surface area contributed by atoms with Crippen molar-refractivity contribution >= 4 is 17.5 Å². The van der Waals surface area contributed by atoms with Gasteiger partial charge in [0.2, 0.25) is 11.8 Å². The first-order chi connectivity index (χ1) is 11.7. The molecule has 1 aliphatic heterocycles. The molecule has 0 aromatic heterocycles. The number of hydrogen-bond donors (Lipinski definition) is 1. The number of rotatable bonds is 3. The van der Waals surface area contributed by atoms with Gasteiger partial charge in [-0.15, -0.1) is 0 Å². The molecule has 1 atom stereocenters. The Labute approximate surface area is 151 Å². The van der Waals surface area contributed by atoms with Crippen molar-refractivity contribution in [2.45, 2.75) is 58.8 Å². The molecule has 0 spiro atoms. The topological polar surface area (TPSA) is 49.4 Å². The SMILES string of the molecule is CC1CCCN(C(=O)C2(C(=O)Nc3ccc(C(C)(C)C)cc3)CC2)C1. The first-order valence-electron chi connectivity index (χ1n) is 9.44. The summed E-state index contributed by atoms with van der Waals surface area (Å²) < 4.78 is 0. The van der Waals surface area contributed by atoms with Gasteiger partial charge < -0.3 is 10.2 Å². The molecule has 1 aromatic rings. The Kier molecular flexibility index (Phi) is 4.65. The van der Waals surface area contributed by atoms with Crippen LogP contribution in [-0.4, -0.2) is 29.8 Å². The fourth-order valence-corrected chi connectivity index (χ4v) is 3.64. The monoisotopic (exact) mass is 342 g/mol. The number of nitrogens with zero attached hydrogens (tertiary/aromatic N) is 1. The van der Waals surface area contributed by atoms with Gasteiger partial charge in [0.15, 0.2) is 0 Å². The lowest BCUT2D eigenvalue weighted by Crippen LogP contribution is -2.46. The zero-order chi connectivity index (χ0) is 18.2. The lowest BCUT2D eigenvalue weighted by molar-refractivity contribution is -0.143. The quantitative estimate of drug-likeness (QED) is 0.845. The van der Waals surface area contributed by atoms with E-state index in [1.165, 1.54) is 12.0 Å². The number of benzene rings is 1. The predicted octanol–water partition coefficient (Wildman–Crippen LogP) is 3.96. The molecule has 2 fully saturated rings. The van der Waals surface area contributed by atoms with Crippen molar-refractivity contribution in [2.75, 3.05) is 18.4 Å². The Morgan fingerprint density at radius 3 is 2.32 bits per heavy atom. The Morgan fingerprint density at radius 2 is 1.80 bits per heavy atom. The number of carbonyl (C=O) groups excluding carboxylic acids is 2. The molecule has 1 aliphatic carbocycles. The van der Waals surface area contributed by atoms with Crippen LogP contribution in [0.15, 0.2) is 24.3 Å². The average molecular weight is 342 g/mol. The Bertz CT molecular complexity index is 653. The van der Waals surface area contributed by atoms with Crippen molar-refractivity contribution in [3.8, 4) is 0 Å². The molecular weight excluding hydrogens is 312 g/mol. The maximum Gasteiger partial charge on any atom is 0.240 e. The zero-order valence-electron chi connectivity index (χ0n) is 15.9. The maximum atomic E-state index is 12.9. The third kappa shape index (κ3) is 3.73. The molecule has 1 heterocycles. The number of likely N-dealkylation sites (tertiary alicyclic amines) is 1. The fraction of sp³-hybridized carbons (Fsp3) is 0.619. The molecule has 1 N–H and O–H groups in total. The molecule has 4 nitrogen and oxygen atoms in total. The molecular formula is C21H30N2O2. The third-order valence-electron chi connectivity index (χ3n) is 5.55. The van der Waals surface area contributed by atoms with E-state index in [1.54, 1.807) is 0 Å². The summed E-state index contributed by atoms with van der Waals surface area (Å²) in [6, 6.07) is 7.96. The van der Waals surface area contributed by atoms with Gasteiger partial charge in [-0.05, 0) is 54.7 Å². The summed E-state index contributed by atoms with van der Waals surface area (Å²) in [5, 5.41) is 2.97. The first kappa shape index (κ1) is 18.0. The third-order valence-corrected chi connectivity index (χ3v) is 5.55. The molecule has 0 bridgehead atoms. The predicted molar refractivity (Wildman–Crippen MR) is 100 cm³/mol. The van der Waals surface area contributed by atoms with Crippen LogP contribution in [0.25, 0.3) is 0 Å². The van der Waals surface area contributed by atoms with E-state index in [0.717, 1.165) is 25.2 Å². The number of amides is 2. The molecule has 0 radical (unpaired) electrons. The highest BCUT2D eigenvalue weighted by Crippen LogP contribution is 2.48. The standard InChI is InChI=1S/C21H30N2O2/c1-15-6-5-13-23(14-15)19(25)21(11-12-21)18(24)22-17-9-7-16(8-10-17)20(2,3)4/h7-10,15H,5-6,11-14H2,1-4H3,(H,22,24). The molecule has 1 aromatic carbocycles. The zero-order valence-corrected chi connectivity index (χ0v) is 15.9. The second-order valence-electron chi connectivity index (χ2n) is 8.86. The maximum absolute atomic E-state index is 12.9. The summed E-state index contributed by atoms with van der Waals surface area (Å²) in [6.07, 6.45) is 3.55. The lowest BCUT2D eigenvalue weighted by atomic mass is 9.87. The normalized spacial score (nSPS) is 22.4. The van der Waals surface area contributed by atoms with Crippen LogP contribution in [0, 0.1) is 11.3 Å². The summed E-state index contributed by atoms with van der Waals surface area (Å²) >= 11 is 0. The molecule has 1 unspecified atom stereocenters. The van der Waals surface area contributed by atoms with Gasteiger partial charge in [0.05, 0.1) is 0 Å². The van der Waals surface area contributed by atoms with Gasteiger partial charge >= 0.3 is 0 Å². The summed E-state index contributed by atoms with van der Waals surface area (Å²) in [5.74, 6) is 0.420. The van der Waals surface area contributed by atoms with Gasteiger partial charge in [0, 0.05) is 18.8 Å². The van der Waals surface area contributed by atoms with Gasteiger partial charge in [-0.25, -0.2) is 0 Å². The largest absolute Gasteiger partial charge is 0.342 e. The van der Waals surface area contributed by atoms with E-state index < -0.39 is 5.41 Å². The number of hydrogen-bond acceptors (Lipinski definition) is 2. The Balaban J connectivity index is 1.67. The molecule has 136 valence electrons. The van der Waals surface area contributed by atoms with Crippen LogP contribution in [0.4, 0.5) is 5.69 Å². The van der Waals surface area contributed by atoms with Crippen LogP contribution in [0.5, 0.6) is 0 Å². The van der Waals surface area contributed by atoms with E-state index in [-0.39, 0.29) is 17.2 Å². The number of piperidine rings is 1. The highest BCUT2D eigenvalue weighted by atomic mass is 16.2. The number of carbonyl (C=O) groups is 2. The van der Waals surface area contributed by atoms with E-state index in [9.17, 15) is 9.59 Å². The molecule has 25 heavy (non-hydrogen) atoms. The average Bonchev–Trinajstić information content (AvgIpc) is 3.35. The van der Waals surface area contributed by atoms with Crippen molar-refractivity contribution in [2.24, 2.45) is 11.3 Å². The van der Waals surface area contributed by atoms with Crippen LogP contribution in [0.3, 0.4) is 0 Å². The smallest absolute Gasteiger partial charge is 0.240 e. The van der Waals surface area contributed by atoms with E-state index in [0.29, 0.717) is 18.8 Å².